The fourth-order valence-electron chi connectivity index (χ4n) is 7.72. The normalized spacial score (nSPS) is 36.8. The molecule has 5 rings (SSSR count). The molecule has 1 aromatic rings. The minimum absolute atomic E-state index is 0.0469. The number of hydrogen-bond acceptors (Lipinski definition) is 7. The number of Topliss-reactive ketones (excluding diaryl/α,β-unsaturated/α-hetero) is 1. The Kier molecular flexibility index (Phi) is 5.78. The van der Waals surface area contributed by atoms with Crippen LogP contribution < -0.4 is 0 Å². The Morgan fingerprint density at radius 1 is 1.11 bits per heavy atom. The van der Waals surface area contributed by atoms with Gasteiger partial charge in [-0.05, 0) is 80.6 Å². The number of esters is 1. The summed E-state index contributed by atoms with van der Waals surface area (Å²) in [5, 5.41) is 22.5. The first kappa shape index (κ1) is 24.6. The average molecular weight is 494 g/mol. The van der Waals surface area contributed by atoms with Crippen molar-refractivity contribution in [3.05, 3.63) is 63.7 Å². The average Bonchev–Trinajstić information content (AvgIpc) is 3.14. The fraction of sp³-hybridized carbons (Fsp3) is 0.536. The van der Waals surface area contributed by atoms with Crippen LogP contribution in [0.1, 0.15) is 62.7 Å². The van der Waals surface area contributed by atoms with Gasteiger partial charge in [0, 0.05) is 23.0 Å². The van der Waals surface area contributed by atoms with Crippen LogP contribution in [0.3, 0.4) is 0 Å². The Labute approximate surface area is 209 Å². The number of nitro benzene ring substituents is 1. The van der Waals surface area contributed by atoms with E-state index < -0.39 is 34.3 Å². The first-order chi connectivity index (χ1) is 17.0. The van der Waals surface area contributed by atoms with Crippen molar-refractivity contribution in [1.82, 2.24) is 0 Å². The molecular weight excluding hydrogens is 462 g/mol. The van der Waals surface area contributed by atoms with Crippen molar-refractivity contribution in [2.24, 2.45) is 28.6 Å². The molecule has 8 heteroatoms. The lowest BCUT2D eigenvalue weighted by molar-refractivity contribution is -0.384. The Morgan fingerprint density at radius 3 is 2.50 bits per heavy atom. The largest absolute Gasteiger partial charge is 0.454 e. The van der Waals surface area contributed by atoms with Crippen molar-refractivity contribution >= 4 is 23.2 Å². The summed E-state index contributed by atoms with van der Waals surface area (Å²) in [6.07, 6.45) is 9.91. The van der Waals surface area contributed by atoms with Gasteiger partial charge in [0.1, 0.15) is 5.60 Å². The fourth-order valence-corrected chi connectivity index (χ4v) is 7.72. The summed E-state index contributed by atoms with van der Waals surface area (Å²) in [5.74, 6) is -0.341. The minimum Gasteiger partial charge on any atom is -0.454 e. The number of nitro groups is 1. The van der Waals surface area contributed by atoms with Crippen LogP contribution in [0.15, 0.2) is 48.1 Å². The molecule has 1 aromatic carbocycles. The van der Waals surface area contributed by atoms with Crippen molar-refractivity contribution in [3.63, 3.8) is 0 Å². The van der Waals surface area contributed by atoms with E-state index in [1.165, 1.54) is 29.8 Å². The van der Waals surface area contributed by atoms with Crippen LogP contribution in [0.5, 0.6) is 0 Å². The van der Waals surface area contributed by atoms with Gasteiger partial charge in [0.15, 0.2) is 12.4 Å². The van der Waals surface area contributed by atoms with Crippen molar-refractivity contribution < 1.29 is 29.2 Å². The molecular formula is C28H31NO7. The van der Waals surface area contributed by atoms with Crippen molar-refractivity contribution in [2.75, 3.05) is 6.61 Å². The zero-order chi connectivity index (χ0) is 25.9. The maximum Gasteiger partial charge on any atom is 0.338 e. The van der Waals surface area contributed by atoms with Gasteiger partial charge < -0.3 is 9.84 Å². The molecule has 3 fully saturated rings. The van der Waals surface area contributed by atoms with E-state index >= 15 is 0 Å². The molecule has 3 saturated carbocycles. The van der Waals surface area contributed by atoms with Crippen LogP contribution >= 0.6 is 0 Å². The molecule has 0 heterocycles. The standard InChI is InChI=1S/C28H31NO7/c1-26-12-9-20(30)15-18(26)5-8-21-22(26)10-13-27(2)23(21)11-14-28(27,33)24(31)16-36-25(32)17-3-6-19(7-4-17)29(34)35/h3-4,6-7,9,12,15,21-23,33H,5,8,10-11,13-14,16H2,1-2H3/t21-,22+,23+,26+,27-,28+/m0/s1. The van der Waals surface area contributed by atoms with Crippen LogP contribution in [0.2, 0.25) is 0 Å². The highest BCUT2D eigenvalue weighted by Crippen LogP contribution is 2.67. The number of non-ortho nitro benzene ring substituents is 1. The molecule has 6 atom stereocenters. The second-order valence-corrected chi connectivity index (χ2v) is 11.3. The molecule has 0 spiro atoms. The second-order valence-electron chi connectivity index (χ2n) is 11.3. The Morgan fingerprint density at radius 2 is 1.81 bits per heavy atom. The van der Waals surface area contributed by atoms with Crippen LogP contribution in [-0.4, -0.2) is 39.8 Å². The Balaban J connectivity index is 1.30. The second kappa shape index (κ2) is 8.47. The number of ether oxygens (including phenoxy) is 1. The molecule has 0 bridgehead atoms. The van der Waals surface area contributed by atoms with Gasteiger partial charge in [0.05, 0.1) is 10.5 Å². The summed E-state index contributed by atoms with van der Waals surface area (Å²) >= 11 is 0. The number of nitrogens with zero attached hydrogens (tertiary/aromatic N) is 1. The van der Waals surface area contributed by atoms with Gasteiger partial charge >= 0.3 is 5.97 Å². The van der Waals surface area contributed by atoms with Crippen LogP contribution in [0.25, 0.3) is 0 Å². The van der Waals surface area contributed by atoms with E-state index in [1.807, 2.05) is 6.92 Å². The molecule has 190 valence electrons. The van der Waals surface area contributed by atoms with Crippen LogP contribution in [0, 0.1) is 38.7 Å². The summed E-state index contributed by atoms with van der Waals surface area (Å²) < 4.78 is 5.23. The lowest BCUT2D eigenvalue weighted by atomic mass is 9.47. The summed E-state index contributed by atoms with van der Waals surface area (Å²) in [5.41, 5.74) is -1.20. The number of aliphatic hydroxyl groups is 1. The molecule has 0 amide bonds. The molecule has 4 aliphatic rings. The van der Waals surface area contributed by atoms with Crippen LogP contribution in [-0.2, 0) is 14.3 Å². The van der Waals surface area contributed by atoms with Crippen LogP contribution in [0.4, 0.5) is 5.69 Å². The minimum atomic E-state index is -1.58. The molecule has 0 aliphatic heterocycles. The Hall–Kier alpha value is -3.13. The van der Waals surface area contributed by atoms with E-state index in [2.05, 4.69) is 13.0 Å². The zero-order valence-electron chi connectivity index (χ0n) is 20.6. The van der Waals surface area contributed by atoms with Gasteiger partial charge in [0.25, 0.3) is 5.69 Å². The topological polar surface area (TPSA) is 124 Å². The molecule has 8 nitrogen and oxygen atoms in total. The molecule has 0 aromatic heterocycles. The summed E-state index contributed by atoms with van der Waals surface area (Å²) in [7, 11) is 0. The first-order valence-electron chi connectivity index (χ1n) is 12.6. The van der Waals surface area contributed by atoms with Crippen molar-refractivity contribution in [2.45, 2.75) is 58.0 Å². The van der Waals surface area contributed by atoms with Gasteiger partial charge in [0.2, 0.25) is 5.78 Å². The van der Waals surface area contributed by atoms with Gasteiger partial charge in [-0.15, -0.1) is 0 Å². The number of hydrogen-bond donors (Lipinski definition) is 1. The summed E-state index contributed by atoms with van der Waals surface area (Å²) in [6, 6.07) is 4.98. The van der Waals surface area contributed by atoms with Crippen molar-refractivity contribution in [3.8, 4) is 0 Å². The highest BCUT2D eigenvalue weighted by Gasteiger charge is 2.66. The molecule has 1 N–H and O–H groups in total. The highest BCUT2D eigenvalue weighted by molar-refractivity contribution is 6.01. The monoisotopic (exact) mass is 493 g/mol. The van der Waals surface area contributed by atoms with E-state index in [4.69, 9.17) is 4.74 Å². The lowest BCUT2D eigenvalue weighted by Crippen LogP contribution is -2.58. The van der Waals surface area contributed by atoms with Gasteiger partial charge in [-0.25, -0.2) is 4.79 Å². The van der Waals surface area contributed by atoms with Gasteiger partial charge in [-0.3, -0.25) is 19.7 Å². The number of fused-ring (bicyclic) bond motifs is 5. The van der Waals surface area contributed by atoms with Gasteiger partial charge in [-0.1, -0.05) is 25.5 Å². The van der Waals surface area contributed by atoms with Crippen molar-refractivity contribution in [1.29, 1.82) is 0 Å². The highest BCUT2D eigenvalue weighted by atomic mass is 16.6. The third kappa shape index (κ3) is 3.57. The zero-order valence-corrected chi connectivity index (χ0v) is 20.6. The van der Waals surface area contributed by atoms with E-state index in [0.29, 0.717) is 24.7 Å². The Bertz CT molecular complexity index is 1200. The van der Waals surface area contributed by atoms with E-state index in [-0.39, 0.29) is 28.4 Å². The molecule has 4 aliphatic carbocycles. The predicted molar refractivity (Wildman–Crippen MR) is 130 cm³/mol. The number of ketones is 2. The predicted octanol–water partition coefficient (Wildman–Crippen LogP) is 4.36. The number of benzene rings is 1. The smallest absolute Gasteiger partial charge is 0.338 e. The molecule has 0 radical (unpaired) electrons. The molecule has 0 unspecified atom stereocenters. The third-order valence-electron chi connectivity index (χ3n) is 9.82. The first-order valence-corrected chi connectivity index (χ1v) is 12.6. The van der Waals surface area contributed by atoms with Gasteiger partial charge in [-0.2, -0.15) is 0 Å². The third-order valence-corrected chi connectivity index (χ3v) is 9.82. The number of allylic oxidation sites excluding steroid dienone is 4. The molecule has 0 saturated heterocycles. The van der Waals surface area contributed by atoms with E-state index in [0.717, 1.165) is 25.7 Å². The quantitative estimate of drug-likeness (QED) is 0.367. The summed E-state index contributed by atoms with van der Waals surface area (Å²) in [4.78, 5) is 48.0. The SMILES string of the molecule is C[C@]12CC[C@@H]3[C@H](CCC4=CC(=O)C=C[C@]43C)[C@H]1CC[C@@]2(O)C(=O)COC(=O)c1ccc([N+](=O)[O-])cc1. The lowest BCUT2D eigenvalue weighted by Gasteiger charge is -2.57. The number of carbonyl (C=O) groups excluding carboxylic acids is 3. The maximum atomic E-state index is 13.3. The maximum absolute atomic E-state index is 13.3. The van der Waals surface area contributed by atoms with E-state index in [1.54, 1.807) is 12.2 Å². The number of carbonyl (C=O) groups is 3. The van der Waals surface area contributed by atoms with E-state index in [9.17, 15) is 29.6 Å². The molecule has 36 heavy (non-hydrogen) atoms. The number of rotatable bonds is 5. The summed E-state index contributed by atoms with van der Waals surface area (Å²) in [6.45, 7) is 3.67.